The Kier molecular flexibility index (Phi) is 4.20. The fourth-order valence-corrected chi connectivity index (χ4v) is 1.80. The van der Waals surface area contributed by atoms with Gasteiger partial charge in [0, 0.05) is 25.0 Å². The van der Waals surface area contributed by atoms with E-state index in [0.29, 0.717) is 12.3 Å². The number of nitrogens with one attached hydrogen (secondary N) is 1. The second kappa shape index (κ2) is 6.06. The molecule has 0 aliphatic rings. The number of phenolic OH excluding ortho intramolecular Hbond substituents is 1. The van der Waals surface area contributed by atoms with E-state index in [2.05, 4.69) is 10.3 Å². The van der Waals surface area contributed by atoms with Gasteiger partial charge in [-0.05, 0) is 36.2 Å². The summed E-state index contributed by atoms with van der Waals surface area (Å²) in [6.45, 7) is 2.32. The average Bonchev–Trinajstić information content (AvgIpc) is 2.46. The van der Waals surface area contributed by atoms with Crippen LogP contribution in [0.1, 0.15) is 21.5 Å². The highest BCUT2D eigenvalue weighted by molar-refractivity contribution is 5.96. The quantitative estimate of drug-likeness (QED) is 0.893. The van der Waals surface area contributed by atoms with E-state index in [1.165, 1.54) is 19.2 Å². The molecule has 104 valence electrons. The van der Waals surface area contributed by atoms with Crippen LogP contribution in [-0.4, -0.2) is 23.1 Å². The average molecular weight is 272 g/mol. The molecule has 0 spiro atoms. The molecule has 1 aromatic heterocycles. The van der Waals surface area contributed by atoms with Crippen LogP contribution in [0.4, 0.5) is 0 Å². The van der Waals surface area contributed by atoms with E-state index < -0.39 is 0 Å². The first-order valence-corrected chi connectivity index (χ1v) is 6.16. The molecule has 0 saturated heterocycles. The number of aryl methyl sites for hydroxylation is 1. The molecule has 5 nitrogen and oxygen atoms in total. The molecule has 0 atom stereocenters. The first kappa shape index (κ1) is 13.9. The molecule has 0 radical (unpaired) electrons. The van der Waals surface area contributed by atoms with E-state index in [1.807, 2.05) is 13.0 Å². The molecule has 1 aromatic carbocycles. The SMILES string of the molecule is COc1ccc(C(=O)NCc2ccncc2C)c(O)c1. The fourth-order valence-electron chi connectivity index (χ4n) is 1.80. The Morgan fingerprint density at radius 2 is 2.20 bits per heavy atom. The van der Waals surface area contributed by atoms with Gasteiger partial charge in [0.25, 0.3) is 5.91 Å². The van der Waals surface area contributed by atoms with Crippen molar-refractivity contribution in [2.24, 2.45) is 0 Å². The largest absolute Gasteiger partial charge is 0.507 e. The summed E-state index contributed by atoms with van der Waals surface area (Å²) in [7, 11) is 1.50. The van der Waals surface area contributed by atoms with E-state index in [1.54, 1.807) is 18.5 Å². The van der Waals surface area contributed by atoms with Crippen molar-refractivity contribution in [1.82, 2.24) is 10.3 Å². The smallest absolute Gasteiger partial charge is 0.255 e. The number of carbonyl (C=O) groups is 1. The van der Waals surface area contributed by atoms with Crippen molar-refractivity contribution in [2.75, 3.05) is 7.11 Å². The Hall–Kier alpha value is -2.56. The number of aromatic nitrogens is 1. The minimum atomic E-state index is -0.332. The summed E-state index contributed by atoms with van der Waals surface area (Å²) in [4.78, 5) is 16.0. The number of nitrogens with zero attached hydrogens (tertiary/aromatic N) is 1. The predicted octanol–water partition coefficient (Wildman–Crippen LogP) is 2.03. The van der Waals surface area contributed by atoms with Gasteiger partial charge in [-0.25, -0.2) is 0 Å². The molecule has 1 amide bonds. The number of benzene rings is 1. The van der Waals surface area contributed by atoms with Gasteiger partial charge in [-0.15, -0.1) is 0 Å². The maximum atomic E-state index is 12.0. The lowest BCUT2D eigenvalue weighted by atomic mass is 10.1. The lowest BCUT2D eigenvalue weighted by Gasteiger charge is -2.09. The first-order chi connectivity index (χ1) is 9.61. The van der Waals surface area contributed by atoms with Crippen molar-refractivity contribution in [2.45, 2.75) is 13.5 Å². The Bertz CT molecular complexity index is 626. The highest BCUT2D eigenvalue weighted by atomic mass is 16.5. The minimum Gasteiger partial charge on any atom is -0.507 e. The molecule has 2 rings (SSSR count). The molecule has 2 N–H and O–H groups in total. The zero-order valence-corrected chi connectivity index (χ0v) is 11.4. The van der Waals surface area contributed by atoms with Gasteiger partial charge < -0.3 is 15.2 Å². The number of phenols is 1. The molecule has 0 unspecified atom stereocenters. The summed E-state index contributed by atoms with van der Waals surface area (Å²) in [5, 5.41) is 12.6. The van der Waals surface area contributed by atoms with Crippen LogP contribution in [-0.2, 0) is 6.54 Å². The van der Waals surface area contributed by atoms with E-state index in [9.17, 15) is 9.90 Å². The second-order valence-electron chi connectivity index (χ2n) is 4.37. The molecule has 0 bridgehead atoms. The summed E-state index contributed by atoms with van der Waals surface area (Å²) in [6, 6.07) is 6.42. The van der Waals surface area contributed by atoms with Gasteiger partial charge >= 0.3 is 0 Å². The molecule has 0 fully saturated rings. The number of aromatic hydroxyl groups is 1. The van der Waals surface area contributed by atoms with Gasteiger partial charge in [0.2, 0.25) is 0 Å². The zero-order valence-electron chi connectivity index (χ0n) is 11.4. The van der Waals surface area contributed by atoms with Gasteiger partial charge in [-0.2, -0.15) is 0 Å². The topological polar surface area (TPSA) is 71.5 Å². The molecule has 5 heteroatoms. The van der Waals surface area contributed by atoms with Crippen LogP contribution in [0.15, 0.2) is 36.7 Å². The van der Waals surface area contributed by atoms with E-state index >= 15 is 0 Å². The third-order valence-corrected chi connectivity index (χ3v) is 3.03. The van der Waals surface area contributed by atoms with E-state index in [-0.39, 0.29) is 17.2 Å². The van der Waals surface area contributed by atoms with Crippen LogP contribution >= 0.6 is 0 Å². The first-order valence-electron chi connectivity index (χ1n) is 6.16. The zero-order chi connectivity index (χ0) is 14.5. The molecular formula is C15H16N2O3. The Labute approximate surface area is 117 Å². The van der Waals surface area contributed by atoms with Crippen LogP contribution in [0, 0.1) is 6.92 Å². The number of amides is 1. The third kappa shape index (κ3) is 3.06. The lowest BCUT2D eigenvalue weighted by Crippen LogP contribution is -2.23. The van der Waals surface area contributed by atoms with E-state index in [0.717, 1.165) is 11.1 Å². The number of ether oxygens (including phenoxy) is 1. The van der Waals surface area contributed by atoms with Gasteiger partial charge in [0.15, 0.2) is 0 Å². The summed E-state index contributed by atoms with van der Waals surface area (Å²) in [5.41, 5.74) is 2.21. The minimum absolute atomic E-state index is 0.103. The van der Waals surface area contributed by atoms with Crippen LogP contribution < -0.4 is 10.1 Å². The van der Waals surface area contributed by atoms with Crippen LogP contribution in [0.5, 0.6) is 11.5 Å². The number of hydrogen-bond donors (Lipinski definition) is 2. The fraction of sp³-hybridized carbons (Fsp3) is 0.200. The number of hydrogen-bond acceptors (Lipinski definition) is 4. The molecule has 0 aliphatic carbocycles. The molecule has 2 aromatic rings. The predicted molar refractivity (Wildman–Crippen MR) is 74.8 cm³/mol. The summed E-state index contributed by atoms with van der Waals surface area (Å²) in [5.74, 6) is 0.0682. The normalized spacial score (nSPS) is 10.1. The Morgan fingerprint density at radius 1 is 1.40 bits per heavy atom. The van der Waals surface area contributed by atoms with Gasteiger partial charge in [-0.1, -0.05) is 0 Å². The highest BCUT2D eigenvalue weighted by Gasteiger charge is 2.12. The standard InChI is InChI=1S/C15H16N2O3/c1-10-8-16-6-5-11(10)9-17-15(19)13-4-3-12(20-2)7-14(13)18/h3-8,18H,9H2,1-2H3,(H,17,19). The number of rotatable bonds is 4. The van der Waals surface area contributed by atoms with Crippen molar-refractivity contribution in [3.05, 3.63) is 53.3 Å². The lowest BCUT2D eigenvalue weighted by molar-refractivity contribution is 0.0948. The molecule has 1 heterocycles. The Balaban J connectivity index is 2.07. The van der Waals surface area contributed by atoms with Crippen molar-refractivity contribution >= 4 is 5.91 Å². The molecule has 0 saturated carbocycles. The van der Waals surface area contributed by atoms with Crippen molar-refractivity contribution in [1.29, 1.82) is 0 Å². The van der Waals surface area contributed by atoms with Gasteiger partial charge in [-0.3, -0.25) is 9.78 Å². The van der Waals surface area contributed by atoms with Crippen LogP contribution in [0.3, 0.4) is 0 Å². The maximum Gasteiger partial charge on any atom is 0.255 e. The number of pyridine rings is 1. The Morgan fingerprint density at radius 3 is 2.85 bits per heavy atom. The maximum absolute atomic E-state index is 12.0. The number of carbonyl (C=O) groups excluding carboxylic acids is 1. The van der Waals surface area contributed by atoms with Crippen molar-refractivity contribution in [3.63, 3.8) is 0 Å². The van der Waals surface area contributed by atoms with Crippen molar-refractivity contribution in [3.8, 4) is 11.5 Å². The molecule has 0 aliphatic heterocycles. The summed E-state index contributed by atoms with van der Waals surface area (Å²) in [6.07, 6.45) is 3.42. The number of methoxy groups -OCH3 is 1. The van der Waals surface area contributed by atoms with Gasteiger partial charge in [0.05, 0.1) is 12.7 Å². The van der Waals surface area contributed by atoms with Crippen LogP contribution in [0.2, 0.25) is 0 Å². The van der Waals surface area contributed by atoms with Crippen molar-refractivity contribution < 1.29 is 14.6 Å². The van der Waals surface area contributed by atoms with Crippen LogP contribution in [0.25, 0.3) is 0 Å². The second-order valence-corrected chi connectivity index (χ2v) is 4.37. The molecule has 20 heavy (non-hydrogen) atoms. The van der Waals surface area contributed by atoms with Gasteiger partial charge in [0.1, 0.15) is 11.5 Å². The highest BCUT2D eigenvalue weighted by Crippen LogP contribution is 2.23. The monoisotopic (exact) mass is 272 g/mol. The van der Waals surface area contributed by atoms with E-state index in [4.69, 9.17) is 4.74 Å². The molecular weight excluding hydrogens is 256 g/mol. The summed E-state index contributed by atoms with van der Waals surface area (Å²) < 4.78 is 4.98. The third-order valence-electron chi connectivity index (χ3n) is 3.03. The summed E-state index contributed by atoms with van der Waals surface area (Å²) >= 11 is 0.